The summed E-state index contributed by atoms with van der Waals surface area (Å²) < 4.78 is 37.4. The maximum absolute atomic E-state index is 12.5. The Bertz CT molecular complexity index is 527. The van der Waals surface area contributed by atoms with Crippen LogP contribution in [0.2, 0.25) is 0 Å². The summed E-state index contributed by atoms with van der Waals surface area (Å²) in [4.78, 5) is 10.6. The summed E-state index contributed by atoms with van der Waals surface area (Å²) in [5.74, 6) is 5.28. The number of rotatable bonds is 2. The first-order valence-corrected chi connectivity index (χ1v) is 5.50. The molecule has 0 spiro atoms. The van der Waals surface area contributed by atoms with Gasteiger partial charge in [0.25, 0.3) is 0 Å². The van der Waals surface area contributed by atoms with Crippen LogP contribution in [0.3, 0.4) is 0 Å². The highest BCUT2D eigenvalue weighted by atomic mass is 19.4. The number of nitrogen functional groups attached to an aromatic ring is 1. The second-order valence-corrected chi connectivity index (χ2v) is 3.83. The van der Waals surface area contributed by atoms with Crippen LogP contribution in [0.1, 0.15) is 24.5 Å². The summed E-state index contributed by atoms with van der Waals surface area (Å²) in [5, 5.41) is 2.56. The molecule has 1 rings (SSSR count). The molecule has 0 fully saturated rings. The first-order chi connectivity index (χ1) is 8.80. The topological polar surface area (TPSA) is 55.1 Å². The zero-order chi connectivity index (χ0) is 14.5. The Morgan fingerprint density at radius 1 is 1.42 bits per heavy atom. The second-order valence-electron chi connectivity index (χ2n) is 3.83. The lowest BCUT2D eigenvalue weighted by Crippen LogP contribution is -2.20. The molecular weight excluding hydrogens is 257 g/mol. The highest BCUT2D eigenvalue weighted by Gasteiger charge is 2.32. The summed E-state index contributed by atoms with van der Waals surface area (Å²) in [6, 6.07) is 3.37. The molecule has 3 N–H and O–H groups in total. The largest absolute Gasteiger partial charge is 0.418 e. The average molecular weight is 270 g/mol. The Kier molecular flexibility index (Phi) is 4.81. The Hall–Kier alpha value is -2.16. The van der Waals surface area contributed by atoms with Crippen LogP contribution in [0.25, 0.3) is 0 Å². The van der Waals surface area contributed by atoms with Gasteiger partial charge in [0.2, 0.25) is 5.91 Å². The summed E-state index contributed by atoms with van der Waals surface area (Å²) in [6.07, 6.45) is -4.04. The van der Waals surface area contributed by atoms with Gasteiger partial charge in [-0.05, 0) is 18.2 Å². The zero-order valence-electron chi connectivity index (χ0n) is 10.3. The molecule has 0 aliphatic rings. The molecule has 1 aromatic rings. The van der Waals surface area contributed by atoms with Gasteiger partial charge in [0.15, 0.2) is 0 Å². The minimum absolute atomic E-state index is 0.152. The van der Waals surface area contributed by atoms with E-state index < -0.39 is 11.7 Å². The number of anilines is 1. The van der Waals surface area contributed by atoms with Crippen LogP contribution in [-0.4, -0.2) is 12.5 Å². The fraction of sp³-hybridized carbons (Fsp3) is 0.308. The van der Waals surface area contributed by atoms with E-state index in [4.69, 9.17) is 5.73 Å². The van der Waals surface area contributed by atoms with Gasteiger partial charge in [-0.1, -0.05) is 11.8 Å². The van der Waals surface area contributed by atoms with E-state index in [0.29, 0.717) is 18.5 Å². The normalized spacial score (nSPS) is 10.5. The lowest BCUT2D eigenvalue weighted by Gasteiger charge is -2.09. The third kappa shape index (κ3) is 4.92. The lowest BCUT2D eigenvalue weighted by molar-refractivity contribution is -0.136. The first-order valence-electron chi connectivity index (χ1n) is 5.50. The van der Waals surface area contributed by atoms with Gasteiger partial charge >= 0.3 is 6.18 Å². The summed E-state index contributed by atoms with van der Waals surface area (Å²) in [7, 11) is 0. The van der Waals surface area contributed by atoms with E-state index in [9.17, 15) is 18.0 Å². The van der Waals surface area contributed by atoms with E-state index in [1.54, 1.807) is 0 Å². The van der Waals surface area contributed by atoms with E-state index in [2.05, 4.69) is 17.2 Å². The molecule has 0 aliphatic heterocycles. The van der Waals surface area contributed by atoms with Gasteiger partial charge in [0.1, 0.15) is 0 Å². The molecule has 0 atom stereocenters. The van der Waals surface area contributed by atoms with Crippen molar-refractivity contribution in [3.8, 4) is 11.8 Å². The molecule has 0 unspecified atom stereocenters. The van der Waals surface area contributed by atoms with E-state index in [-0.39, 0.29) is 11.6 Å². The summed E-state index contributed by atoms with van der Waals surface area (Å²) in [5.41, 5.74) is 4.53. The number of alkyl halides is 3. The van der Waals surface area contributed by atoms with Crippen molar-refractivity contribution >= 4 is 11.6 Å². The molecule has 0 heterocycles. The van der Waals surface area contributed by atoms with Crippen molar-refractivity contribution in [1.82, 2.24) is 5.32 Å². The number of hydrogen-bond donors (Lipinski definition) is 2. The average Bonchev–Trinajstić information content (AvgIpc) is 2.26. The van der Waals surface area contributed by atoms with Crippen molar-refractivity contribution in [1.29, 1.82) is 0 Å². The molecule has 0 aliphatic carbocycles. The Labute approximate surface area is 109 Å². The SMILES string of the molecule is CC(=O)NCCC#Cc1ccc(C(F)(F)F)c(N)c1. The van der Waals surface area contributed by atoms with Crippen molar-refractivity contribution in [2.24, 2.45) is 0 Å². The molecule has 0 radical (unpaired) electrons. The van der Waals surface area contributed by atoms with Crippen molar-refractivity contribution < 1.29 is 18.0 Å². The third-order valence-electron chi connectivity index (χ3n) is 2.21. The third-order valence-corrected chi connectivity index (χ3v) is 2.21. The highest BCUT2D eigenvalue weighted by Crippen LogP contribution is 2.33. The molecule has 102 valence electrons. The van der Waals surface area contributed by atoms with Crippen LogP contribution in [-0.2, 0) is 11.0 Å². The molecule has 1 aromatic carbocycles. The van der Waals surface area contributed by atoms with Crippen molar-refractivity contribution in [2.45, 2.75) is 19.5 Å². The van der Waals surface area contributed by atoms with Crippen molar-refractivity contribution in [3.05, 3.63) is 29.3 Å². The lowest BCUT2D eigenvalue weighted by atomic mass is 10.1. The summed E-state index contributed by atoms with van der Waals surface area (Å²) in [6.45, 7) is 1.79. The van der Waals surface area contributed by atoms with Crippen LogP contribution in [0, 0.1) is 11.8 Å². The highest BCUT2D eigenvalue weighted by molar-refractivity contribution is 5.72. The number of nitrogens with two attached hydrogens (primary N) is 1. The number of benzene rings is 1. The van der Waals surface area contributed by atoms with Crippen molar-refractivity contribution in [3.63, 3.8) is 0 Å². The van der Waals surface area contributed by atoms with Gasteiger partial charge in [-0.25, -0.2) is 0 Å². The van der Waals surface area contributed by atoms with Gasteiger partial charge in [-0.15, -0.1) is 0 Å². The molecule has 1 amide bonds. The molecule has 0 saturated carbocycles. The van der Waals surface area contributed by atoms with Gasteiger partial charge in [-0.2, -0.15) is 13.2 Å². The minimum atomic E-state index is -4.46. The van der Waals surface area contributed by atoms with Crippen LogP contribution in [0.15, 0.2) is 18.2 Å². The van der Waals surface area contributed by atoms with Gasteiger partial charge < -0.3 is 11.1 Å². The van der Waals surface area contributed by atoms with Gasteiger partial charge in [0, 0.05) is 31.1 Å². The monoisotopic (exact) mass is 270 g/mol. The molecule has 0 aromatic heterocycles. The number of amides is 1. The van der Waals surface area contributed by atoms with Crippen LogP contribution >= 0.6 is 0 Å². The van der Waals surface area contributed by atoms with Crippen LogP contribution < -0.4 is 11.1 Å². The Morgan fingerprint density at radius 3 is 2.63 bits per heavy atom. The number of carbonyl (C=O) groups is 1. The van der Waals surface area contributed by atoms with Crippen LogP contribution in [0.4, 0.5) is 18.9 Å². The Morgan fingerprint density at radius 2 is 2.11 bits per heavy atom. The second kappa shape index (κ2) is 6.14. The fourth-order valence-corrected chi connectivity index (χ4v) is 1.36. The Balaban J connectivity index is 2.69. The fourth-order valence-electron chi connectivity index (χ4n) is 1.36. The van der Waals surface area contributed by atoms with Crippen molar-refractivity contribution in [2.75, 3.05) is 12.3 Å². The molecule has 0 saturated heterocycles. The standard InChI is InChI=1S/C13H13F3N2O/c1-9(19)18-7-3-2-4-10-5-6-11(12(17)8-10)13(14,15)16/h5-6,8H,3,7,17H2,1H3,(H,18,19). The predicted octanol–water partition coefficient (Wildman–Crippen LogP) is 2.17. The van der Waals surface area contributed by atoms with E-state index in [1.807, 2.05) is 0 Å². The molecule has 3 nitrogen and oxygen atoms in total. The van der Waals surface area contributed by atoms with Crippen LogP contribution in [0.5, 0.6) is 0 Å². The maximum atomic E-state index is 12.5. The van der Waals surface area contributed by atoms with E-state index >= 15 is 0 Å². The van der Waals surface area contributed by atoms with E-state index in [0.717, 1.165) is 6.07 Å². The molecule has 19 heavy (non-hydrogen) atoms. The van der Waals surface area contributed by atoms with Gasteiger partial charge in [0.05, 0.1) is 5.56 Å². The van der Waals surface area contributed by atoms with E-state index in [1.165, 1.54) is 19.1 Å². The zero-order valence-corrected chi connectivity index (χ0v) is 10.3. The molecular formula is C13H13F3N2O. The summed E-state index contributed by atoms with van der Waals surface area (Å²) >= 11 is 0. The number of hydrogen-bond acceptors (Lipinski definition) is 2. The van der Waals surface area contributed by atoms with Gasteiger partial charge in [-0.3, -0.25) is 4.79 Å². The predicted molar refractivity (Wildman–Crippen MR) is 66.0 cm³/mol. The molecule has 6 heteroatoms. The molecule has 0 bridgehead atoms. The number of nitrogens with one attached hydrogen (secondary N) is 1. The maximum Gasteiger partial charge on any atom is 0.418 e. The smallest absolute Gasteiger partial charge is 0.398 e. The quantitative estimate of drug-likeness (QED) is 0.491. The minimum Gasteiger partial charge on any atom is -0.398 e. The number of carbonyl (C=O) groups excluding carboxylic acids is 1. The number of halogens is 3. The first kappa shape index (κ1) is 14.9.